The van der Waals surface area contributed by atoms with Gasteiger partial charge in [0.2, 0.25) is 0 Å². The molecule has 0 bridgehead atoms. The Morgan fingerprint density at radius 3 is 2.50 bits per heavy atom. The van der Waals surface area contributed by atoms with Crippen molar-refractivity contribution in [2.24, 2.45) is 0 Å². The molecule has 2 aromatic rings. The van der Waals surface area contributed by atoms with Gasteiger partial charge in [0.15, 0.2) is 0 Å². The number of nitrogens with zero attached hydrogens (tertiary/aromatic N) is 4. The predicted molar refractivity (Wildman–Crippen MR) is 86.4 cm³/mol. The van der Waals surface area contributed by atoms with Crippen molar-refractivity contribution in [2.45, 2.75) is 31.7 Å². The first kappa shape index (κ1) is 14.8. The summed E-state index contributed by atoms with van der Waals surface area (Å²) in [7, 11) is 0. The Hall–Kier alpha value is -2.12. The van der Waals surface area contributed by atoms with Gasteiger partial charge < -0.3 is 4.90 Å². The van der Waals surface area contributed by atoms with Crippen LogP contribution >= 0.6 is 0 Å². The molecule has 1 aliphatic heterocycles. The molecule has 0 spiro atoms. The highest BCUT2D eigenvalue weighted by atomic mass is 15.3. The molecule has 3 rings (SSSR count). The first-order chi connectivity index (χ1) is 10.7. The summed E-state index contributed by atoms with van der Waals surface area (Å²) in [6.07, 6.45) is 5.79. The van der Waals surface area contributed by atoms with E-state index in [2.05, 4.69) is 41.3 Å². The van der Waals surface area contributed by atoms with Crippen molar-refractivity contribution >= 4 is 0 Å². The summed E-state index contributed by atoms with van der Waals surface area (Å²) in [4.78, 5) is 2.44. The van der Waals surface area contributed by atoms with Gasteiger partial charge in [0, 0.05) is 25.8 Å². The fraction of sp³-hybridized carbons (Fsp3) is 0.444. The van der Waals surface area contributed by atoms with Crippen LogP contribution in [0.2, 0.25) is 0 Å². The molecule has 1 aliphatic rings. The zero-order valence-corrected chi connectivity index (χ0v) is 13.1. The van der Waals surface area contributed by atoms with Crippen LogP contribution in [0.25, 0.3) is 0 Å². The minimum absolute atomic E-state index is 0.306. The lowest BCUT2D eigenvalue weighted by Crippen LogP contribution is -2.43. The van der Waals surface area contributed by atoms with Crippen molar-refractivity contribution in [3.8, 4) is 6.07 Å². The Morgan fingerprint density at radius 2 is 1.91 bits per heavy atom. The molecule has 0 aliphatic carbocycles. The number of aryl methyl sites for hydroxylation is 1. The second-order valence-electron chi connectivity index (χ2n) is 6.18. The highest BCUT2D eigenvalue weighted by Gasteiger charge is 2.36. The number of benzene rings is 1. The maximum Gasteiger partial charge on any atom is 0.0846 e. The first-order valence-corrected chi connectivity index (χ1v) is 7.90. The third-order valence-corrected chi connectivity index (χ3v) is 4.66. The highest BCUT2D eigenvalue weighted by Crippen LogP contribution is 2.34. The van der Waals surface area contributed by atoms with Crippen molar-refractivity contribution in [3.63, 3.8) is 0 Å². The average Bonchev–Trinajstić information content (AvgIpc) is 3.00. The van der Waals surface area contributed by atoms with Crippen molar-refractivity contribution in [3.05, 3.63) is 53.9 Å². The van der Waals surface area contributed by atoms with Crippen LogP contribution in [0.15, 0.2) is 42.7 Å². The summed E-state index contributed by atoms with van der Waals surface area (Å²) in [5.41, 5.74) is 2.06. The third-order valence-electron chi connectivity index (χ3n) is 4.66. The number of hydrogen-bond acceptors (Lipinski definition) is 3. The van der Waals surface area contributed by atoms with Crippen molar-refractivity contribution in [2.75, 3.05) is 19.6 Å². The van der Waals surface area contributed by atoms with E-state index in [9.17, 15) is 5.26 Å². The monoisotopic (exact) mass is 294 g/mol. The minimum Gasteiger partial charge on any atom is -0.301 e. The number of hydrogen-bond donors (Lipinski definition) is 0. The lowest BCUT2D eigenvalue weighted by molar-refractivity contribution is 0.178. The van der Waals surface area contributed by atoms with E-state index in [0.717, 1.165) is 39.0 Å². The Morgan fingerprint density at radius 1 is 1.18 bits per heavy atom. The summed E-state index contributed by atoms with van der Waals surface area (Å²) in [5.74, 6) is 0. The average molecular weight is 294 g/mol. The Bertz CT molecular complexity index is 645. The number of nitriles is 1. The van der Waals surface area contributed by atoms with Gasteiger partial charge in [0.05, 0.1) is 24.2 Å². The summed E-state index contributed by atoms with van der Waals surface area (Å²) >= 11 is 0. The molecule has 22 heavy (non-hydrogen) atoms. The van der Waals surface area contributed by atoms with E-state index in [4.69, 9.17) is 0 Å². The number of likely N-dealkylation sites (tertiary alicyclic amines) is 1. The summed E-state index contributed by atoms with van der Waals surface area (Å²) < 4.78 is 2.00. The third kappa shape index (κ3) is 3.05. The zero-order chi connectivity index (χ0) is 15.4. The van der Waals surface area contributed by atoms with Gasteiger partial charge in [-0.1, -0.05) is 30.3 Å². The maximum absolute atomic E-state index is 9.71. The van der Waals surface area contributed by atoms with Crippen LogP contribution < -0.4 is 0 Å². The quantitative estimate of drug-likeness (QED) is 0.871. The summed E-state index contributed by atoms with van der Waals surface area (Å²) in [5, 5.41) is 14.0. The van der Waals surface area contributed by atoms with Gasteiger partial charge in [-0.05, 0) is 30.9 Å². The lowest BCUT2D eigenvalue weighted by Gasteiger charge is -2.37. The predicted octanol–water partition coefficient (Wildman–Crippen LogP) is 2.75. The van der Waals surface area contributed by atoms with Gasteiger partial charge in [0.25, 0.3) is 0 Å². The molecule has 1 fully saturated rings. The maximum atomic E-state index is 9.71. The molecule has 4 nitrogen and oxygen atoms in total. The van der Waals surface area contributed by atoms with Crippen LogP contribution in [-0.4, -0.2) is 34.3 Å². The number of piperidine rings is 1. The molecular formula is C18H22N4. The molecule has 114 valence electrons. The van der Waals surface area contributed by atoms with Crippen LogP contribution in [0.5, 0.6) is 0 Å². The molecule has 0 unspecified atom stereocenters. The van der Waals surface area contributed by atoms with Gasteiger partial charge >= 0.3 is 0 Å². The topological polar surface area (TPSA) is 44.9 Å². The second-order valence-corrected chi connectivity index (χ2v) is 6.18. The standard InChI is InChI=1S/C18H22N4/c1-16-13-20-22(14-16)12-11-21-9-7-18(15-19,8-10-21)17-5-3-2-4-6-17/h2-6,13-14H,7-12H2,1H3. The Labute approximate surface area is 132 Å². The Kier molecular flexibility index (Phi) is 4.26. The van der Waals surface area contributed by atoms with E-state index in [1.54, 1.807) is 0 Å². The lowest BCUT2D eigenvalue weighted by atomic mass is 9.74. The van der Waals surface area contributed by atoms with E-state index in [1.165, 1.54) is 11.1 Å². The molecule has 2 heterocycles. The number of rotatable bonds is 4. The molecule has 0 N–H and O–H groups in total. The minimum atomic E-state index is -0.306. The second kappa shape index (κ2) is 6.33. The van der Waals surface area contributed by atoms with E-state index < -0.39 is 0 Å². The molecule has 0 atom stereocenters. The Balaban J connectivity index is 1.58. The molecule has 1 aromatic carbocycles. The molecule has 1 saturated heterocycles. The molecule has 0 saturated carbocycles. The van der Waals surface area contributed by atoms with E-state index in [-0.39, 0.29) is 5.41 Å². The fourth-order valence-electron chi connectivity index (χ4n) is 3.21. The number of aromatic nitrogens is 2. The van der Waals surface area contributed by atoms with E-state index >= 15 is 0 Å². The van der Waals surface area contributed by atoms with Crippen molar-refractivity contribution in [1.82, 2.24) is 14.7 Å². The van der Waals surface area contributed by atoms with Crippen LogP contribution in [0.3, 0.4) is 0 Å². The van der Waals surface area contributed by atoms with Crippen LogP contribution in [0, 0.1) is 18.3 Å². The van der Waals surface area contributed by atoms with Crippen molar-refractivity contribution in [1.29, 1.82) is 5.26 Å². The van der Waals surface area contributed by atoms with E-state index in [1.807, 2.05) is 29.1 Å². The fourth-order valence-corrected chi connectivity index (χ4v) is 3.21. The van der Waals surface area contributed by atoms with Gasteiger partial charge in [-0.15, -0.1) is 0 Å². The van der Waals surface area contributed by atoms with Crippen LogP contribution in [0.1, 0.15) is 24.0 Å². The van der Waals surface area contributed by atoms with Crippen LogP contribution in [0.4, 0.5) is 0 Å². The first-order valence-electron chi connectivity index (χ1n) is 7.90. The molecule has 0 radical (unpaired) electrons. The van der Waals surface area contributed by atoms with Crippen LogP contribution in [-0.2, 0) is 12.0 Å². The molecule has 4 heteroatoms. The van der Waals surface area contributed by atoms with Gasteiger partial charge in [-0.2, -0.15) is 10.4 Å². The van der Waals surface area contributed by atoms with Gasteiger partial charge in [-0.3, -0.25) is 4.68 Å². The summed E-state index contributed by atoms with van der Waals surface area (Å²) in [6.45, 7) is 5.92. The van der Waals surface area contributed by atoms with E-state index in [0.29, 0.717) is 0 Å². The molecule has 0 amide bonds. The smallest absolute Gasteiger partial charge is 0.0846 e. The van der Waals surface area contributed by atoms with Gasteiger partial charge in [-0.25, -0.2) is 0 Å². The zero-order valence-electron chi connectivity index (χ0n) is 13.1. The highest BCUT2D eigenvalue weighted by molar-refractivity contribution is 5.33. The SMILES string of the molecule is Cc1cnn(CCN2CCC(C#N)(c3ccccc3)CC2)c1. The van der Waals surface area contributed by atoms with Crippen molar-refractivity contribution < 1.29 is 0 Å². The van der Waals surface area contributed by atoms with Gasteiger partial charge in [0.1, 0.15) is 0 Å². The molecular weight excluding hydrogens is 272 g/mol. The molecule has 1 aromatic heterocycles. The normalized spacial score (nSPS) is 18.0. The summed E-state index contributed by atoms with van der Waals surface area (Å²) in [6, 6.07) is 12.8. The largest absolute Gasteiger partial charge is 0.301 e.